The highest BCUT2D eigenvalue weighted by atomic mass is 35.5. The van der Waals surface area contributed by atoms with E-state index in [0.717, 1.165) is 11.7 Å². The van der Waals surface area contributed by atoms with Gasteiger partial charge in [0.1, 0.15) is 0 Å². The van der Waals surface area contributed by atoms with Crippen LogP contribution >= 0.6 is 11.6 Å². The molecule has 0 N–H and O–H groups in total. The minimum atomic E-state index is 0.788. The second kappa shape index (κ2) is 4.71. The van der Waals surface area contributed by atoms with E-state index < -0.39 is 0 Å². The average molecular weight is 272 g/mol. The summed E-state index contributed by atoms with van der Waals surface area (Å²) in [5.41, 5.74) is 4.84. The Bertz CT molecular complexity index is 647. The topological polar surface area (TPSA) is 6.25 Å². The van der Waals surface area contributed by atoms with E-state index in [1.165, 1.54) is 22.5 Å². The van der Waals surface area contributed by atoms with E-state index in [2.05, 4.69) is 53.9 Å². The smallest absolute Gasteiger partial charge is 0.224 e. The van der Waals surface area contributed by atoms with E-state index in [1.807, 2.05) is 18.2 Å². The fourth-order valence-electron chi connectivity index (χ4n) is 2.66. The molecule has 0 saturated heterocycles. The lowest BCUT2D eigenvalue weighted by atomic mass is 10.1. The number of hydrogen-bond acceptors (Lipinski definition) is 1. The summed E-state index contributed by atoms with van der Waals surface area (Å²) in [5.74, 6) is 0. The zero-order valence-electron chi connectivity index (χ0n) is 11.1. The Hall–Kier alpha value is -1.80. The molecule has 1 aliphatic rings. The van der Waals surface area contributed by atoms with Gasteiger partial charge >= 0.3 is 0 Å². The molecule has 0 saturated carbocycles. The van der Waals surface area contributed by atoms with E-state index in [0.29, 0.717) is 0 Å². The van der Waals surface area contributed by atoms with Crippen LogP contribution in [-0.2, 0) is 0 Å². The van der Waals surface area contributed by atoms with Crippen molar-refractivity contribution in [2.45, 2.75) is 6.92 Å². The van der Waals surface area contributed by atoms with Gasteiger partial charge < -0.3 is 4.90 Å². The van der Waals surface area contributed by atoms with Crippen LogP contribution in [-0.4, -0.2) is 24.5 Å². The maximum Gasteiger partial charge on any atom is 0.224 e. The highest BCUT2D eigenvalue weighted by Crippen LogP contribution is 2.30. The van der Waals surface area contributed by atoms with Crippen molar-refractivity contribution in [3.05, 3.63) is 58.6 Å². The second-order valence-electron chi connectivity index (χ2n) is 4.93. The predicted molar refractivity (Wildman–Crippen MR) is 81.0 cm³/mol. The molecule has 0 aromatic heterocycles. The van der Waals surface area contributed by atoms with Crippen molar-refractivity contribution in [2.24, 2.45) is 0 Å². The van der Waals surface area contributed by atoms with E-state index >= 15 is 0 Å². The van der Waals surface area contributed by atoms with Crippen molar-refractivity contribution >= 4 is 29.2 Å². The van der Waals surface area contributed by atoms with Gasteiger partial charge in [-0.15, -0.1) is 0 Å². The third-order valence-corrected chi connectivity index (χ3v) is 3.64. The van der Waals surface area contributed by atoms with Crippen molar-refractivity contribution in [1.29, 1.82) is 0 Å². The molecule has 96 valence electrons. The van der Waals surface area contributed by atoms with Crippen molar-refractivity contribution in [3.8, 4) is 0 Å². The number of anilines is 1. The Morgan fingerprint density at radius 3 is 2.63 bits per heavy atom. The van der Waals surface area contributed by atoms with Crippen LogP contribution in [0.3, 0.4) is 0 Å². The van der Waals surface area contributed by atoms with Crippen LogP contribution in [0, 0.1) is 6.92 Å². The number of rotatable bonds is 1. The standard InChI is InChI=1S/C16H16ClN2/c1-12-8-14(17)9-13-10-19(11-18(2)16(12)13)15-6-4-3-5-7-15/h3-10H,11H2,1-2H3/q+1. The molecule has 0 atom stereocenters. The van der Waals surface area contributed by atoms with Gasteiger partial charge in [-0.2, -0.15) is 4.58 Å². The zero-order valence-corrected chi connectivity index (χ0v) is 11.9. The molecule has 0 aliphatic carbocycles. The van der Waals surface area contributed by atoms with Gasteiger partial charge in [0, 0.05) is 24.2 Å². The van der Waals surface area contributed by atoms with Crippen LogP contribution < -0.4 is 4.90 Å². The Labute approximate surface area is 118 Å². The SMILES string of the molecule is Cc1cc(Cl)cc2c1N(C)C[N+](c1ccccc1)=C2. The molecule has 1 heterocycles. The number of benzene rings is 2. The summed E-state index contributed by atoms with van der Waals surface area (Å²) >= 11 is 6.17. The lowest BCUT2D eigenvalue weighted by Gasteiger charge is -2.25. The number of para-hydroxylation sites is 1. The minimum Gasteiger partial charge on any atom is -0.319 e. The summed E-state index contributed by atoms with van der Waals surface area (Å²) in [6, 6.07) is 14.4. The molecule has 3 heteroatoms. The molecule has 2 nitrogen and oxygen atoms in total. The number of hydrogen-bond donors (Lipinski definition) is 0. The van der Waals surface area contributed by atoms with E-state index in [4.69, 9.17) is 11.6 Å². The largest absolute Gasteiger partial charge is 0.319 e. The van der Waals surface area contributed by atoms with Crippen molar-refractivity contribution in [1.82, 2.24) is 0 Å². The van der Waals surface area contributed by atoms with Gasteiger partial charge in [0.25, 0.3) is 0 Å². The molecule has 0 amide bonds. The van der Waals surface area contributed by atoms with Crippen LogP contribution in [0.1, 0.15) is 11.1 Å². The molecule has 3 rings (SSSR count). The maximum atomic E-state index is 6.17. The summed E-state index contributed by atoms with van der Waals surface area (Å²) in [7, 11) is 2.11. The number of nitrogens with zero attached hydrogens (tertiary/aromatic N) is 2. The Morgan fingerprint density at radius 1 is 1.16 bits per heavy atom. The lowest BCUT2D eigenvalue weighted by molar-refractivity contribution is -0.435. The number of aryl methyl sites for hydroxylation is 1. The fourth-order valence-corrected chi connectivity index (χ4v) is 2.95. The molecule has 0 fully saturated rings. The number of halogens is 1. The van der Waals surface area contributed by atoms with Crippen LogP contribution in [0.5, 0.6) is 0 Å². The summed E-state index contributed by atoms with van der Waals surface area (Å²) in [6.45, 7) is 2.95. The quantitative estimate of drug-likeness (QED) is 0.715. The van der Waals surface area contributed by atoms with Gasteiger partial charge in [0.2, 0.25) is 12.4 Å². The molecule has 2 aromatic rings. The van der Waals surface area contributed by atoms with Gasteiger partial charge in [-0.3, -0.25) is 0 Å². The highest BCUT2D eigenvalue weighted by Gasteiger charge is 2.23. The fraction of sp³-hybridized carbons (Fsp3) is 0.188. The molecule has 19 heavy (non-hydrogen) atoms. The Kier molecular flexibility index (Phi) is 3.03. The summed E-state index contributed by atoms with van der Waals surface area (Å²) in [4.78, 5) is 2.26. The molecule has 2 aromatic carbocycles. The molecule has 0 bridgehead atoms. The first-order chi connectivity index (χ1) is 9.15. The van der Waals surface area contributed by atoms with Gasteiger partial charge in [0.15, 0.2) is 6.21 Å². The van der Waals surface area contributed by atoms with Crippen LogP contribution in [0.25, 0.3) is 0 Å². The molecular weight excluding hydrogens is 256 g/mol. The first-order valence-corrected chi connectivity index (χ1v) is 6.71. The number of fused-ring (bicyclic) bond motifs is 1. The molecule has 0 radical (unpaired) electrons. The average Bonchev–Trinajstić information content (AvgIpc) is 2.38. The summed E-state index contributed by atoms with van der Waals surface area (Å²) in [5, 5.41) is 0.788. The molecule has 0 unspecified atom stereocenters. The van der Waals surface area contributed by atoms with Gasteiger partial charge in [-0.05, 0) is 24.6 Å². The molecular formula is C16H16ClN2+. The lowest BCUT2D eigenvalue weighted by Crippen LogP contribution is -2.32. The van der Waals surface area contributed by atoms with Crippen LogP contribution in [0.2, 0.25) is 5.02 Å². The van der Waals surface area contributed by atoms with Crippen LogP contribution in [0.4, 0.5) is 11.4 Å². The first-order valence-electron chi connectivity index (χ1n) is 6.33. The van der Waals surface area contributed by atoms with E-state index in [9.17, 15) is 0 Å². The summed E-state index contributed by atoms with van der Waals surface area (Å²) < 4.78 is 2.23. The van der Waals surface area contributed by atoms with E-state index in [-0.39, 0.29) is 0 Å². The van der Waals surface area contributed by atoms with Crippen molar-refractivity contribution < 1.29 is 4.58 Å². The second-order valence-corrected chi connectivity index (χ2v) is 5.37. The minimum absolute atomic E-state index is 0.788. The van der Waals surface area contributed by atoms with Crippen LogP contribution in [0.15, 0.2) is 42.5 Å². The predicted octanol–water partition coefficient (Wildman–Crippen LogP) is 3.82. The Balaban J connectivity index is 2.14. The third kappa shape index (κ3) is 2.24. The summed E-state index contributed by atoms with van der Waals surface area (Å²) in [6.07, 6.45) is 2.17. The van der Waals surface area contributed by atoms with Gasteiger partial charge in [-0.1, -0.05) is 29.8 Å². The Morgan fingerprint density at radius 2 is 1.89 bits per heavy atom. The highest BCUT2D eigenvalue weighted by molar-refractivity contribution is 6.31. The third-order valence-electron chi connectivity index (χ3n) is 3.42. The van der Waals surface area contributed by atoms with E-state index in [1.54, 1.807) is 0 Å². The van der Waals surface area contributed by atoms with Crippen molar-refractivity contribution in [2.75, 3.05) is 18.6 Å². The monoisotopic (exact) mass is 271 g/mol. The zero-order chi connectivity index (χ0) is 13.4. The normalized spacial score (nSPS) is 14.1. The van der Waals surface area contributed by atoms with Gasteiger partial charge in [0.05, 0.1) is 11.3 Å². The maximum absolute atomic E-state index is 6.17. The molecule has 1 aliphatic heterocycles. The first kappa shape index (κ1) is 12.2. The van der Waals surface area contributed by atoms with Gasteiger partial charge in [-0.25, -0.2) is 0 Å². The molecule has 0 spiro atoms. The van der Waals surface area contributed by atoms with Crippen molar-refractivity contribution in [3.63, 3.8) is 0 Å².